The Morgan fingerprint density at radius 1 is 1.11 bits per heavy atom. The Hall–Kier alpha value is -4.52. The summed E-state index contributed by atoms with van der Waals surface area (Å²) in [7, 11) is 8.13. The summed E-state index contributed by atoms with van der Waals surface area (Å²) in [6.45, 7) is 0. The summed E-state index contributed by atoms with van der Waals surface area (Å²) in [5.41, 5.74) is 1.37. The standard InChI is InChI=1S/C25H26N6O6S/c1-29(2)30-14-23(37-28-30)27-22(32)15-38-25-26-18(24(33)31(25)17-9-7-6-8-10-17)11-16-12-20(35-4)21(36-5)13-19(16)34-3/h6-14H,15H2,1-5H3/p+1/b18-11+. The van der Waals surface area contributed by atoms with E-state index in [1.165, 1.54) is 37.2 Å². The molecule has 38 heavy (non-hydrogen) atoms. The summed E-state index contributed by atoms with van der Waals surface area (Å²) in [4.78, 5) is 33.6. The van der Waals surface area contributed by atoms with Crippen molar-refractivity contribution in [2.45, 2.75) is 0 Å². The second-order valence-electron chi connectivity index (χ2n) is 8.02. The molecule has 0 saturated heterocycles. The highest BCUT2D eigenvalue weighted by molar-refractivity contribution is 8.14. The van der Waals surface area contributed by atoms with Crippen molar-refractivity contribution < 1.29 is 33.1 Å². The molecule has 0 radical (unpaired) electrons. The zero-order chi connectivity index (χ0) is 27.2. The molecule has 12 nitrogen and oxygen atoms in total. The molecule has 2 amide bonds. The average molecular weight is 540 g/mol. The van der Waals surface area contributed by atoms with Gasteiger partial charge in [-0.25, -0.2) is 4.99 Å². The Morgan fingerprint density at radius 3 is 2.42 bits per heavy atom. The average Bonchev–Trinajstić information content (AvgIpc) is 3.52. The van der Waals surface area contributed by atoms with Gasteiger partial charge >= 0.3 is 5.88 Å². The quantitative estimate of drug-likeness (QED) is 0.322. The second-order valence-corrected chi connectivity index (χ2v) is 8.96. The molecular formula is C25H27N6O6S+. The van der Waals surface area contributed by atoms with Crippen molar-refractivity contribution in [1.82, 2.24) is 5.27 Å². The molecule has 198 valence electrons. The number of nitrogens with one attached hydrogen (secondary N) is 1. The zero-order valence-corrected chi connectivity index (χ0v) is 22.3. The number of aliphatic imine (C=N–C) groups is 1. The van der Waals surface area contributed by atoms with Gasteiger partial charge in [0.25, 0.3) is 12.1 Å². The van der Waals surface area contributed by atoms with E-state index in [0.717, 1.165) is 11.8 Å². The number of amides is 2. The largest absolute Gasteiger partial charge is 0.496 e. The Labute approximate surface area is 223 Å². The molecule has 0 bridgehead atoms. The van der Waals surface area contributed by atoms with Gasteiger partial charge in [-0.1, -0.05) is 30.0 Å². The van der Waals surface area contributed by atoms with Gasteiger partial charge in [0, 0.05) is 11.6 Å². The van der Waals surface area contributed by atoms with Crippen LogP contribution in [0.4, 0.5) is 11.6 Å². The van der Waals surface area contributed by atoms with E-state index < -0.39 is 0 Å². The predicted molar refractivity (Wildman–Crippen MR) is 143 cm³/mol. The van der Waals surface area contributed by atoms with Crippen LogP contribution in [0.3, 0.4) is 0 Å². The Kier molecular flexibility index (Phi) is 8.16. The number of thioether (sulfide) groups is 1. The number of methoxy groups -OCH3 is 3. The van der Waals surface area contributed by atoms with Gasteiger partial charge in [-0.2, -0.15) is 5.01 Å². The number of para-hydroxylation sites is 1. The van der Waals surface area contributed by atoms with Gasteiger partial charge in [-0.15, -0.1) is 0 Å². The Morgan fingerprint density at radius 2 is 1.79 bits per heavy atom. The van der Waals surface area contributed by atoms with Crippen molar-refractivity contribution in [2.24, 2.45) is 4.99 Å². The van der Waals surface area contributed by atoms with Crippen LogP contribution in [0.5, 0.6) is 17.2 Å². The molecule has 0 saturated carbocycles. The summed E-state index contributed by atoms with van der Waals surface area (Å²) in [5, 5.41) is 8.46. The van der Waals surface area contributed by atoms with Crippen LogP contribution in [0.2, 0.25) is 0 Å². The SMILES string of the molecule is COc1cc(OC)c(OC)cc1/C=C1/N=C(SCC(=O)Nc2c[n+](N(C)C)no2)N(c2ccccc2)C1=O. The maximum Gasteiger partial charge on any atom is 0.305 e. The molecule has 0 unspecified atom stereocenters. The molecule has 0 fully saturated rings. The maximum absolute atomic E-state index is 13.5. The summed E-state index contributed by atoms with van der Waals surface area (Å²) < 4.78 is 21.3. The number of amidine groups is 1. The first kappa shape index (κ1) is 26.5. The fraction of sp³-hybridized carbons (Fsp3) is 0.240. The molecule has 1 aliphatic rings. The van der Waals surface area contributed by atoms with Crippen LogP contribution in [0.1, 0.15) is 5.56 Å². The van der Waals surface area contributed by atoms with Crippen molar-refractivity contribution in [3.63, 3.8) is 0 Å². The number of carbonyl (C=O) groups is 2. The molecule has 2 aromatic carbocycles. The van der Waals surface area contributed by atoms with Crippen LogP contribution in [0, 0.1) is 0 Å². The smallest absolute Gasteiger partial charge is 0.305 e. The van der Waals surface area contributed by atoms with Crippen LogP contribution >= 0.6 is 11.8 Å². The molecule has 1 aliphatic heterocycles. The first-order valence-corrected chi connectivity index (χ1v) is 12.3. The minimum Gasteiger partial charge on any atom is -0.496 e. The lowest BCUT2D eigenvalue weighted by molar-refractivity contribution is -0.753. The van der Waals surface area contributed by atoms with Gasteiger partial charge in [0.2, 0.25) is 11.2 Å². The number of hydrogen-bond donors (Lipinski definition) is 1. The first-order chi connectivity index (χ1) is 18.3. The fourth-order valence-corrected chi connectivity index (χ4v) is 4.31. The van der Waals surface area contributed by atoms with Crippen LogP contribution in [0.25, 0.3) is 6.08 Å². The molecule has 0 aliphatic carbocycles. The van der Waals surface area contributed by atoms with Crippen LogP contribution < -0.4 is 34.2 Å². The first-order valence-electron chi connectivity index (χ1n) is 11.3. The van der Waals surface area contributed by atoms with E-state index in [2.05, 4.69) is 15.6 Å². The minimum absolute atomic E-state index is 0.0227. The summed E-state index contributed by atoms with van der Waals surface area (Å²) in [6.07, 6.45) is 3.15. The molecular weight excluding hydrogens is 512 g/mol. The summed E-state index contributed by atoms with van der Waals surface area (Å²) in [5.74, 6) is 0.914. The molecule has 0 atom stereocenters. The van der Waals surface area contributed by atoms with E-state index >= 15 is 0 Å². The van der Waals surface area contributed by atoms with Gasteiger partial charge in [-0.05, 0) is 24.3 Å². The van der Waals surface area contributed by atoms with Crippen LogP contribution in [-0.2, 0) is 9.59 Å². The normalized spacial score (nSPS) is 13.9. The van der Waals surface area contributed by atoms with Crippen LogP contribution in [-0.4, -0.2) is 63.4 Å². The molecule has 3 aromatic rings. The second kappa shape index (κ2) is 11.7. The third-order valence-electron chi connectivity index (χ3n) is 5.33. The molecule has 1 N–H and O–H groups in total. The van der Waals surface area contributed by atoms with Crippen molar-refractivity contribution in [3.05, 3.63) is 59.9 Å². The molecule has 1 aromatic heterocycles. The van der Waals surface area contributed by atoms with E-state index in [1.807, 2.05) is 18.2 Å². The topological polar surface area (TPSA) is 123 Å². The number of carbonyl (C=O) groups excluding carboxylic acids is 2. The highest BCUT2D eigenvalue weighted by Crippen LogP contribution is 2.37. The number of aromatic nitrogens is 2. The third-order valence-corrected chi connectivity index (χ3v) is 6.27. The highest BCUT2D eigenvalue weighted by Gasteiger charge is 2.33. The molecule has 4 rings (SSSR count). The Balaban J connectivity index is 1.61. The van der Waals surface area contributed by atoms with Crippen LogP contribution in [0.15, 0.2) is 63.9 Å². The zero-order valence-electron chi connectivity index (χ0n) is 21.5. The maximum atomic E-state index is 13.5. The number of nitrogens with zero attached hydrogens (tertiary/aromatic N) is 5. The van der Waals surface area contributed by atoms with E-state index in [9.17, 15) is 9.59 Å². The van der Waals surface area contributed by atoms with Crippen molar-refractivity contribution in [2.75, 3.05) is 56.4 Å². The van der Waals surface area contributed by atoms with E-state index in [-0.39, 0.29) is 29.1 Å². The lowest BCUT2D eigenvalue weighted by Gasteiger charge is -2.17. The fourth-order valence-electron chi connectivity index (χ4n) is 3.50. The Bertz CT molecular complexity index is 1390. The molecule has 2 heterocycles. The minimum atomic E-state index is -0.349. The molecule has 13 heteroatoms. The number of anilines is 2. The van der Waals surface area contributed by atoms with E-state index in [4.69, 9.17) is 18.7 Å². The van der Waals surface area contributed by atoms with E-state index in [0.29, 0.717) is 33.7 Å². The summed E-state index contributed by atoms with van der Waals surface area (Å²) >= 11 is 1.12. The van der Waals surface area contributed by atoms with Crippen molar-refractivity contribution in [3.8, 4) is 17.2 Å². The lowest BCUT2D eigenvalue weighted by Crippen LogP contribution is -2.53. The van der Waals surface area contributed by atoms with Gasteiger partial charge in [0.15, 0.2) is 16.7 Å². The monoisotopic (exact) mass is 539 g/mol. The number of rotatable bonds is 9. The number of ether oxygens (including phenoxy) is 3. The highest BCUT2D eigenvalue weighted by atomic mass is 32.2. The van der Waals surface area contributed by atoms with Gasteiger partial charge in [0.1, 0.15) is 11.4 Å². The lowest BCUT2D eigenvalue weighted by atomic mass is 10.1. The van der Waals surface area contributed by atoms with Gasteiger partial charge < -0.3 is 14.2 Å². The predicted octanol–water partition coefficient (Wildman–Crippen LogP) is 2.30. The van der Waals surface area contributed by atoms with E-state index in [1.54, 1.807) is 49.4 Å². The van der Waals surface area contributed by atoms with Gasteiger partial charge in [-0.3, -0.25) is 24.3 Å². The summed E-state index contributed by atoms with van der Waals surface area (Å²) in [6, 6.07) is 12.5. The third kappa shape index (κ3) is 5.72. The van der Waals surface area contributed by atoms with Crippen molar-refractivity contribution in [1.29, 1.82) is 0 Å². The van der Waals surface area contributed by atoms with Crippen molar-refractivity contribution >= 4 is 46.4 Å². The number of hydrogen-bond acceptors (Lipinski definition) is 10. The molecule has 0 spiro atoms. The van der Waals surface area contributed by atoms with Gasteiger partial charge in [0.05, 0.1) is 51.7 Å². The number of benzene rings is 2.